The third-order valence-electron chi connectivity index (χ3n) is 9.07. The largest absolute Gasteiger partial charge is 0.481 e. The second kappa shape index (κ2) is 14.0. The van der Waals surface area contributed by atoms with Crippen LogP contribution in [0.3, 0.4) is 0 Å². The summed E-state index contributed by atoms with van der Waals surface area (Å²) in [7, 11) is 0. The molecule has 4 heterocycles. The van der Waals surface area contributed by atoms with E-state index in [0.29, 0.717) is 55.8 Å². The lowest BCUT2D eigenvalue weighted by molar-refractivity contribution is -0.138. The number of carbonyl (C=O) groups excluding carboxylic acids is 2. The Bertz CT molecular complexity index is 2200. The van der Waals surface area contributed by atoms with Crippen LogP contribution in [0.25, 0.3) is 17.7 Å². The van der Waals surface area contributed by atoms with Crippen LogP contribution >= 0.6 is 0 Å². The number of rotatable bonds is 12. The predicted octanol–water partition coefficient (Wildman–Crippen LogP) is 4.48. The lowest BCUT2D eigenvalue weighted by Crippen LogP contribution is -2.21. The molecule has 0 aliphatic carbocycles. The number of carbonyl (C=O) groups is 4. The van der Waals surface area contributed by atoms with E-state index in [-0.39, 0.29) is 37.5 Å². The summed E-state index contributed by atoms with van der Waals surface area (Å²) in [6, 6.07) is 9.52. The van der Waals surface area contributed by atoms with Crippen molar-refractivity contribution in [2.45, 2.75) is 53.4 Å². The zero-order valence-electron chi connectivity index (χ0n) is 27.9. The molecule has 0 spiro atoms. The maximum Gasteiger partial charge on any atom is 0.303 e. The van der Waals surface area contributed by atoms with Gasteiger partial charge in [0.05, 0.1) is 11.1 Å². The van der Waals surface area contributed by atoms with Crippen LogP contribution in [0.1, 0.15) is 65.9 Å². The molecule has 0 saturated carbocycles. The second-order valence-corrected chi connectivity index (χ2v) is 12.0. The SMILES string of the molecule is C=CC1=C(C)C(=O)N=C1/C(c1ccccc1)=c1\[nH]/c(=C\c2[nH]c(/C=C3\NC(=O)C(C=C)=C3C)c(C)c2CCC(=O)O)c(CCC(=O)O)c1C. The van der Waals surface area contributed by atoms with E-state index in [2.05, 4.69) is 33.4 Å². The fourth-order valence-corrected chi connectivity index (χ4v) is 6.35. The van der Waals surface area contributed by atoms with Crippen LogP contribution in [-0.2, 0) is 32.0 Å². The van der Waals surface area contributed by atoms with E-state index in [9.17, 15) is 29.4 Å². The summed E-state index contributed by atoms with van der Waals surface area (Å²) in [5.74, 6) is -2.50. The normalized spacial score (nSPS) is 16.4. The summed E-state index contributed by atoms with van der Waals surface area (Å²) in [6.07, 6.45) is 7.02. The van der Waals surface area contributed by atoms with E-state index in [1.165, 1.54) is 6.08 Å². The monoisotopic (exact) mass is 658 g/mol. The van der Waals surface area contributed by atoms with Gasteiger partial charge >= 0.3 is 11.9 Å². The molecule has 5 N–H and O–H groups in total. The van der Waals surface area contributed by atoms with Crippen molar-refractivity contribution < 1.29 is 29.4 Å². The Morgan fingerprint density at radius 1 is 0.796 bits per heavy atom. The van der Waals surface area contributed by atoms with Crippen molar-refractivity contribution in [3.8, 4) is 0 Å². The average molecular weight is 659 g/mol. The van der Waals surface area contributed by atoms with Crippen molar-refractivity contribution >= 4 is 47.2 Å². The minimum atomic E-state index is -0.952. The van der Waals surface area contributed by atoms with E-state index < -0.39 is 11.9 Å². The van der Waals surface area contributed by atoms with Gasteiger partial charge in [-0.1, -0.05) is 55.6 Å². The van der Waals surface area contributed by atoms with Gasteiger partial charge in [0.25, 0.3) is 11.8 Å². The van der Waals surface area contributed by atoms with E-state index in [4.69, 9.17) is 0 Å². The first-order valence-corrected chi connectivity index (χ1v) is 15.8. The summed E-state index contributed by atoms with van der Waals surface area (Å²) >= 11 is 0. The number of hydrogen-bond donors (Lipinski definition) is 5. The third-order valence-corrected chi connectivity index (χ3v) is 9.07. The lowest BCUT2D eigenvalue weighted by Gasteiger charge is -2.10. The zero-order valence-corrected chi connectivity index (χ0v) is 27.9. The van der Waals surface area contributed by atoms with Gasteiger partial charge in [0.15, 0.2) is 0 Å². The first-order chi connectivity index (χ1) is 23.4. The smallest absolute Gasteiger partial charge is 0.303 e. The van der Waals surface area contributed by atoms with E-state index in [1.54, 1.807) is 13.0 Å². The Balaban J connectivity index is 1.82. The number of H-pyrrole nitrogens is 2. The van der Waals surface area contributed by atoms with E-state index in [0.717, 1.165) is 33.4 Å². The van der Waals surface area contributed by atoms with Crippen LogP contribution in [0.2, 0.25) is 0 Å². The fraction of sp³-hybridized carbons (Fsp3) is 0.205. The molecule has 0 saturated heterocycles. The summed E-state index contributed by atoms with van der Waals surface area (Å²) in [4.78, 5) is 60.1. The van der Waals surface area contributed by atoms with Gasteiger partial charge in [-0.05, 0) is 86.1 Å². The Morgan fingerprint density at radius 3 is 2.02 bits per heavy atom. The van der Waals surface area contributed by atoms with Crippen molar-refractivity contribution in [1.82, 2.24) is 15.3 Å². The van der Waals surface area contributed by atoms with Gasteiger partial charge in [0.1, 0.15) is 0 Å². The van der Waals surface area contributed by atoms with E-state index in [1.807, 2.05) is 63.3 Å². The highest BCUT2D eigenvalue weighted by molar-refractivity contribution is 6.39. The van der Waals surface area contributed by atoms with Crippen molar-refractivity contribution in [2.24, 2.45) is 4.99 Å². The number of aromatic amines is 2. The van der Waals surface area contributed by atoms with Crippen LogP contribution < -0.4 is 16.0 Å². The van der Waals surface area contributed by atoms with Crippen molar-refractivity contribution in [3.63, 3.8) is 0 Å². The Labute approximate surface area is 283 Å². The molecule has 49 heavy (non-hydrogen) atoms. The molecule has 0 atom stereocenters. The minimum Gasteiger partial charge on any atom is -0.481 e. The minimum absolute atomic E-state index is 0.109. The van der Waals surface area contributed by atoms with Gasteiger partial charge < -0.3 is 25.5 Å². The number of amides is 2. The molecule has 0 radical (unpaired) electrons. The molecule has 2 aliphatic rings. The van der Waals surface area contributed by atoms with E-state index >= 15 is 0 Å². The highest BCUT2D eigenvalue weighted by Gasteiger charge is 2.27. The topological polar surface area (TPSA) is 165 Å². The molecule has 10 nitrogen and oxygen atoms in total. The number of aromatic nitrogens is 2. The van der Waals surface area contributed by atoms with Gasteiger partial charge in [-0.2, -0.15) is 0 Å². The molecule has 10 heteroatoms. The van der Waals surface area contributed by atoms with Crippen molar-refractivity contribution in [2.75, 3.05) is 0 Å². The Hall–Kier alpha value is -6.03. The second-order valence-electron chi connectivity index (χ2n) is 12.0. The highest BCUT2D eigenvalue weighted by Crippen LogP contribution is 2.29. The summed E-state index contributed by atoms with van der Waals surface area (Å²) in [5, 5.41) is 23.4. The number of allylic oxidation sites excluding steroid dienone is 3. The standard InChI is InChI=1S/C39H38N4O6/c1-7-25-23(6)38(48)43-37(25)35(24-12-10-9-11-13-24)36-22(5)28(15-17-34(46)47)32(41-36)19-31-27(14-16-33(44)45)21(4)29(40-31)18-30-20(3)26(8-2)39(49)42-30/h7-13,18-19,40-41H,1-2,14-17H2,3-6H3,(H,42,49)(H,44,45)(H,46,47)/b30-18-,32-19-,36-35-. The van der Waals surface area contributed by atoms with Gasteiger partial charge in [-0.3, -0.25) is 19.2 Å². The highest BCUT2D eigenvalue weighted by atomic mass is 16.4. The molecule has 0 bridgehead atoms. The number of aliphatic carboxylic acids is 2. The lowest BCUT2D eigenvalue weighted by atomic mass is 9.93. The van der Waals surface area contributed by atoms with Crippen LogP contribution in [-0.4, -0.2) is 49.6 Å². The summed E-state index contributed by atoms with van der Waals surface area (Å²) < 4.78 is 0. The molecular formula is C39H38N4O6. The zero-order chi connectivity index (χ0) is 35.6. The average Bonchev–Trinajstić information content (AvgIpc) is 3.72. The summed E-state index contributed by atoms with van der Waals surface area (Å²) in [6.45, 7) is 15.0. The maximum atomic E-state index is 12.8. The number of nitrogens with one attached hydrogen (secondary N) is 3. The molecule has 1 aromatic carbocycles. The summed E-state index contributed by atoms with van der Waals surface area (Å²) in [5.41, 5.74) is 9.34. The van der Waals surface area contributed by atoms with Crippen molar-refractivity contribution in [3.05, 3.63) is 134 Å². The molecule has 2 aromatic heterocycles. The van der Waals surface area contributed by atoms with Crippen LogP contribution in [0.15, 0.2) is 88.6 Å². The molecule has 5 rings (SSSR count). The van der Waals surface area contributed by atoms with Gasteiger partial charge in [0, 0.05) is 57.6 Å². The van der Waals surface area contributed by atoms with Crippen molar-refractivity contribution in [1.29, 1.82) is 0 Å². The molecule has 2 aliphatic heterocycles. The van der Waals surface area contributed by atoms with Gasteiger partial charge in [-0.25, -0.2) is 4.99 Å². The van der Waals surface area contributed by atoms with Crippen LogP contribution in [0.4, 0.5) is 0 Å². The number of nitrogens with zero attached hydrogens (tertiary/aromatic N) is 1. The Morgan fingerprint density at radius 2 is 1.43 bits per heavy atom. The van der Waals surface area contributed by atoms with Crippen LogP contribution in [0.5, 0.6) is 0 Å². The molecule has 2 amide bonds. The Kier molecular flexibility index (Phi) is 9.79. The predicted molar refractivity (Wildman–Crippen MR) is 189 cm³/mol. The molecule has 0 unspecified atom stereocenters. The third kappa shape index (κ3) is 6.71. The number of carboxylic acids is 2. The quantitative estimate of drug-likeness (QED) is 0.193. The van der Waals surface area contributed by atoms with Gasteiger partial charge in [0.2, 0.25) is 0 Å². The first-order valence-electron chi connectivity index (χ1n) is 15.8. The fourth-order valence-electron chi connectivity index (χ4n) is 6.35. The number of aliphatic imine (C=N–C) groups is 1. The first kappa shape index (κ1) is 34.3. The maximum absolute atomic E-state index is 12.8. The molecule has 0 fully saturated rings. The van der Waals surface area contributed by atoms with Gasteiger partial charge in [-0.15, -0.1) is 0 Å². The molecular weight excluding hydrogens is 620 g/mol. The molecule has 250 valence electrons. The molecule has 3 aromatic rings. The number of hydrogen-bond acceptors (Lipinski definition) is 4. The number of carboxylic acid groups (broad SMARTS) is 2. The number of benzene rings is 1. The van der Waals surface area contributed by atoms with Crippen LogP contribution in [0, 0.1) is 13.8 Å².